The first-order valence-corrected chi connectivity index (χ1v) is 11.7. The summed E-state index contributed by atoms with van der Waals surface area (Å²) in [4.78, 5) is 7.25. The molecule has 0 unspecified atom stereocenters. The van der Waals surface area contributed by atoms with Gasteiger partial charge in [-0.3, -0.25) is 0 Å². The van der Waals surface area contributed by atoms with Crippen LogP contribution in [-0.4, -0.2) is 86.2 Å². The standard InChI is InChI=1S/C10H26N2Si.C6H19N3Si/c1-7-9(3,4)11-13-12-10(5,6)8-2;1-7(2)10(8(3)4)9(5)6/h11-12H,7-8,13H2,1-6H3;10H,1-6H3. The van der Waals surface area contributed by atoms with Gasteiger partial charge in [0.1, 0.15) is 0 Å². The van der Waals surface area contributed by atoms with E-state index in [0.717, 1.165) is 0 Å². The van der Waals surface area contributed by atoms with Gasteiger partial charge in [-0.05, 0) is 82.8 Å². The maximum atomic E-state index is 3.63. The Balaban J connectivity index is 0. The van der Waals surface area contributed by atoms with Gasteiger partial charge >= 0.3 is 0 Å². The lowest BCUT2D eigenvalue weighted by molar-refractivity contribution is 0.420. The second-order valence-corrected chi connectivity index (χ2v) is 13.1. The van der Waals surface area contributed by atoms with E-state index in [1.54, 1.807) is 0 Å². The summed E-state index contributed by atoms with van der Waals surface area (Å²) in [7, 11) is 11.5. The summed E-state index contributed by atoms with van der Waals surface area (Å²) in [6, 6.07) is 0. The molecule has 0 aliphatic rings. The normalized spacial score (nSPS) is 13.0. The van der Waals surface area contributed by atoms with Crippen LogP contribution < -0.4 is 9.96 Å². The molecule has 7 heteroatoms. The molecule has 0 aliphatic carbocycles. The molecule has 0 spiro atoms. The molecule has 5 nitrogen and oxygen atoms in total. The predicted octanol–water partition coefficient (Wildman–Crippen LogP) is 0.930. The molecule has 0 aliphatic heterocycles. The van der Waals surface area contributed by atoms with E-state index in [-0.39, 0.29) is 9.84 Å². The van der Waals surface area contributed by atoms with Crippen molar-refractivity contribution in [3.05, 3.63) is 0 Å². The fraction of sp³-hybridized carbons (Fsp3) is 1.00. The zero-order valence-electron chi connectivity index (χ0n) is 18.0. The molecule has 0 bridgehead atoms. The van der Waals surface area contributed by atoms with Crippen LogP contribution in [0.4, 0.5) is 0 Å². The van der Waals surface area contributed by atoms with E-state index in [1.165, 1.54) is 12.8 Å². The lowest BCUT2D eigenvalue weighted by atomic mass is 10.0. The molecule has 0 fully saturated rings. The van der Waals surface area contributed by atoms with Crippen LogP contribution in [0.3, 0.4) is 0 Å². The lowest BCUT2D eigenvalue weighted by Crippen LogP contribution is -2.55. The average Bonchev–Trinajstić information content (AvgIpc) is 2.37. The van der Waals surface area contributed by atoms with Gasteiger partial charge in [-0.15, -0.1) is 0 Å². The Morgan fingerprint density at radius 3 is 1.09 bits per heavy atom. The van der Waals surface area contributed by atoms with Crippen LogP contribution in [0.5, 0.6) is 0 Å². The Morgan fingerprint density at radius 2 is 0.957 bits per heavy atom. The number of rotatable bonds is 9. The predicted molar refractivity (Wildman–Crippen MR) is 112 cm³/mol. The van der Waals surface area contributed by atoms with Crippen LogP contribution in [0.1, 0.15) is 54.4 Å². The summed E-state index contributed by atoms with van der Waals surface area (Å²) in [5.74, 6) is 0. The summed E-state index contributed by atoms with van der Waals surface area (Å²) in [5.41, 5.74) is 0.617. The van der Waals surface area contributed by atoms with Crippen LogP contribution in [0, 0.1) is 0 Å². The van der Waals surface area contributed by atoms with Gasteiger partial charge in [0.05, 0.1) is 0 Å². The van der Waals surface area contributed by atoms with Crippen molar-refractivity contribution in [1.82, 2.24) is 23.7 Å². The third-order valence-corrected chi connectivity index (χ3v) is 9.33. The molecular formula is C16H45N5Si2. The van der Waals surface area contributed by atoms with Crippen LogP contribution in [0.25, 0.3) is 0 Å². The molecule has 0 aromatic heterocycles. The first-order valence-electron chi connectivity index (χ1n) is 8.79. The van der Waals surface area contributed by atoms with Gasteiger partial charge in [0.2, 0.25) is 0 Å². The van der Waals surface area contributed by atoms with Crippen molar-refractivity contribution in [3.8, 4) is 0 Å². The highest BCUT2D eigenvalue weighted by Crippen LogP contribution is 2.07. The minimum Gasteiger partial charge on any atom is -0.325 e. The van der Waals surface area contributed by atoms with E-state index in [2.05, 4.69) is 107 Å². The van der Waals surface area contributed by atoms with Crippen molar-refractivity contribution in [2.24, 2.45) is 0 Å². The molecule has 0 saturated carbocycles. The van der Waals surface area contributed by atoms with E-state index in [9.17, 15) is 0 Å². The van der Waals surface area contributed by atoms with Crippen LogP contribution in [-0.2, 0) is 0 Å². The zero-order chi connectivity index (χ0) is 18.8. The molecule has 2 N–H and O–H groups in total. The second-order valence-electron chi connectivity index (χ2n) is 8.24. The molecule has 0 aromatic rings. The van der Waals surface area contributed by atoms with E-state index in [1.807, 2.05) is 0 Å². The average molecular weight is 364 g/mol. The Hall–Kier alpha value is 0.234. The molecule has 0 aromatic carbocycles. The highest BCUT2D eigenvalue weighted by Gasteiger charge is 2.19. The van der Waals surface area contributed by atoms with E-state index in [4.69, 9.17) is 0 Å². The quantitative estimate of drug-likeness (QED) is 0.596. The molecule has 0 atom stereocenters. The number of nitrogens with zero attached hydrogens (tertiary/aromatic N) is 3. The molecule has 23 heavy (non-hydrogen) atoms. The van der Waals surface area contributed by atoms with E-state index in [0.29, 0.717) is 11.1 Å². The molecule has 0 radical (unpaired) electrons. The SMILES string of the molecule is CCC(C)(C)N[SiH2]NC(C)(C)CC.CN(C)[SiH](N(C)C)N(C)C. The highest BCUT2D eigenvalue weighted by atomic mass is 28.3. The molecule has 0 saturated heterocycles. The van der Waals surface area contributed by atoms with Crippen molar-refractivity contribution in [1.29, 1.82) is 0 Å². The molecule has 142 valence electrons. The fourth-order valence-corrected chi connectivity index (χ4v) is 6.48. The van der Waals surface area contributed by atoms with Crippen molar-refractivity contribution in [2.75, 3.05) is 42.3 Å². The zero-order valence-corrected chi connectivity index (χ0v) is 20.6. The smallest absolute Gasteiger partial charge is 0.271 e. The van der Waals surface area contributed by atoms with Crippen LogP contribution >= 0.6 is 0 Å². The van der Waals surface area contributed by atoms with Crippen molar-refractivity contribution in [3.63, 3.8) is 0 Å². The number of hydrogen-bond acceptors (Lipinski definition) is 5. The van der Waals surface area contributed by atoms with E-state index >= 15 is 0 Å². The van der Waals surface area contributed by atoms with Gasteiger partial charge in [-0.2, -0.15) is 0 Å². The summed E-state index contributed by atoms with van der Waals surface area (Å²) in [5, 5.41) is 0. The Kier molecular flexibility index (Phi) is 13.0. The molecule has 0 rings (SSSR count). The third kappa shape index (κ3) is 13.2. The lowest BCUT2D eigenvalue weighted by Gasteiger charge is -2.33. The first-order chi connectivity index (χ1) is 10.3. The van der Waals surface area contributed by atoms with Gasteiger partial charge in [-0.25, -0.2) is 0 Å². The van der Waals surface area contributed by atoms with Gasteiger partial charge in [-0.1, -0.05) is 13.8 Å². The van der Waals surface area contributed by atoms with Crippen molar-refractivity contribution in [2.45, 2.75) is 65.5 Å². The van der Waals surface area contributed by atoms with Gasteiger partial charge in [0.25, 0.3) is 9.28 Å². The maximum absolute atomic E-state index is 3.63. The third-order valence-electron chi connectivity index (χ3n) is 4.29. The first kappa shape index (κ1) is 25.5. The molecule has 0 amide bonds. The fourth-order valence-electron chi connectivity index (χ4n) is 2.16. The van der Waals surface area contributed by atoms with Gasteiger partial charge in [0.15, 0.2) is 9.84 Å². The highest BCUT2D eigenvalue weighted by molar-refractivity contribution is 6.49. The summed E-state index contributed by atoms with van der Waals surface area (Å²) >= 11 is 0. The van der Waals surface area contributed by atoms with Crippen molar-refractivity contribution >= 4 is 19.1 Å². The number of hydrogen-bond donors (Lipinski definition) is 2. The summed E-state index contributed by atoms with van der Waals surface area (Å²) < 4.78 is 6.92. The van der Waals surface area contributed by atoms with Gasteiger partial charge < -0.3 is 23.7 Å². The van der Waals surface area contributed by atoms with Crippen LogP contribution in [0.2, 0.25) is 0 Å². The second kappa shape index (κ2) is 11.7. The largest absolute Gasteiger partial charge is 0.325 e. The topological polar surface area (TPSA) is 33.8 Å². The molecule has 0 heterocycles. The van der Waals surface area contributed by atoms with Crippen LogP contribution in [0.15, 0.2) is 0 Å². The van der Waals surface area contributed by atoms with Gasteiger partial charge in [0, 0.05) is 11.1 Å². The minimum absolute atomic E-state index is 0.309. The summed E-state index contributed by atoms with van der Waals surface area (Å²) in [6.07, 6.45) is 2.38. The van der Waals surface area contributed by atoms with E-state index < -0.39 is 9.28 Å². The minimum atomic E-state index is -0.954. The van der Waals surface area contributed by atoms with Crippen molar-refractivity contribution < 1.29 is 0 Å². The Morgan fingerprint density at radius 1 is 0.696 bits per heavy atom. The summed E-state index contributed by atoms with van der Waals surface area (Å²) in [6.45, 7) is 13.5. The maximum Gasteiger partial charge on any atom is 0.271 e. The monoisotopic (exact) mass is 363 g/mol. The Bertz CT molecular complexity index is 259. The number of nitrogens with one attached hydrogen (secondary N) is 2. The Labute approximate surface area is 151 Å². The molecular weight excluding hydrogens is 318 g/mol.